The second kappa shape index (κ2) is 45.2. The lowest BCUT2D eigenvalue weighted by atomic mass is 10.0. The summed E-state index contributed by atoms with van der Waals surface area (Å²) in [6.07, 6.45) is -12.5. The average Bonchev–Trinajstić information content (AvgIpc) is 0.774. The number of carbonyl (C=O) groups excluding carboxylic acids is 2. The van der Waals surface area contributed by atoms with Crippen molar-refractivity contribution in [1.82, 2.24) is 60.0 Å². The second-order valence-corrected chi connectivity index (χ2v) is 41.8. The summed E-state index contributed by atoms with van der Waals surface area (Å²) in [5.41, 5.74) is 10.9. The summed E-state index contributed by atoms with van der Waals surface area (Å²) < 4.78 is 257. The molecule has 3 aliphatic heterocycles. The van der Waals surface area contributed by atoms with Crippen LogP contribution in [0.1, 0.15) is 96.8 Å². The van der Waals surface area contributed by atoms with E-state index < -0.39 is 132 Å². The maximum atomic E-state index is 14.7. The first-order chi connectivity index (χ1) is 66.2. The lowest BCUT2D eigenvalue weighted by molar-refractivity contribution is -0.130. The standard InChI is InChI=1S/C33H36F4N6O5S.C30H33FN6O3.C28H28F4N6O3S.C3H4ClF3O2S/c1-20-16-27(42-49(45,46)15-12-33(35,36)37)23-8-5-6-9-24(23)28(20)47-29-25(10-7-13-38-29)26-11-14-39-30(41-26)40-22-17-21(34)18-43(19-22)31(44)48-32(2,3)4;1-18-14-24(32)21-8-5-6-9-22(21)26(18)39-27-23(10-7-12-33-27)25-11-13-34-28(36-25)35-20-15-19(31)16-37(17-20)29(38)40-30(2,3)4;1-17-13-24(38-42(39,40)12-9-28(30,31)32)20-5-2-3-6-21(20)25(17)41-26-22(7-4-10-34-26)23-8-11-35-27(37-23)36-19-14-18(29)15-33-16-19;4-10(8,9)2-1-3(5,6)7/h5-11,13-14,16,21-22,42H,12,15,17-19H2,1-4H3,(H,39,40,41);5-14,19-20H,15-17,32H2,1-4H3,(H,34,35,36);2-8,10-11,13,18-19,33,38H,9,12,14-16H2,1H3,(H,35,36,37);1-2H2/t21-,22-;19-,20-;18-,19-;/m000./s1. The summed E-state index contributed by atoms with van der Waals surface area (Å²) in [4.78, 5) is 68.0. The van der Waals surface area contributed by atoms with Crippen LogP contribution in [0, 0.1) is 20.8 Å². The van der Waals surface area contributed by atoms with Crippen LogP contribution >= 0.6 is 10.7 Å². The van der Waals surface area contributed by atoms with Crippen molar-refractivity contribution in [2.45, 2.75) is 167 Å². The molecular weight excluding hydrogens is 1950 g/mol. The molecule has 0 aliphatic carbocycles. The van der Waals surface area contributed by atoms with Gasteiger partial charge in [-0.2, -0.15) is 39.5 Å². The molecule has 6 aromatic heterocycles. The maximum Gasteiger partial charge on any atom is 0.410 e. The number of hydrogen-bond donors (Lipinski definition) is 7. The molecule has 0 spiro atoms. The number of benzene rings is 6. The van der Waals surface area contributed by atoms with Crippen LogP contribution in [0.3, 0.4) is 0 Å². The molecule has 3 fully saturated rings. The Bertz CT molecular complexity index is 6820. The Labute approximate surface area is 808 Å². The van der Waals surface area contributed by atoms with Crippen molar-refractivity contribution in [1.29, 1.82) is 0 Å². The van der Waals surface area contributed by atoms with E-state index in [4.69, 9.17) is 29.4 Å². The van der Waals surface area contributed by atoms with Gasteiger partial charge in [0, 0.05) is 149 Å². The highest BCUT2D eigenvalue weighted by atomic mass is 35.7. The van der Waals surface area contributed by atoms with E-state index in [2.05, 4.69) is 86.2 Å². The van der Waals surface area contributed by atoms with Gasteiger partial charge in [-0.1, -0.05) is 72.8 Å². The van der Waals surface area contributed by atoms with Crippen LogP contribution in [0.5, 0.6) is 34.9 Å². The van der Waals surface area contributed by atoms with E-state index in [0.29, 0.717) is 127 Å². The molecule has 141 heavy (non-hydrogen) atoms. The molecule has 2 amide bonds. The summed E-state index contributed by atoms with van der Waals surface area (Å²) in [6, 6.07) is 40.8. The Balaban J connectivity index is 0.000000181. The Morgan fingerprint density at radius 3 is 1.09 bits per heavy atom. The minimum absolute atomic E-state index is 0.0103. The number of pyridine rings is 3. The van der Waals surface area contributed by atoms with Gasteiger partial charge in [-0.3, -0.25) is 9.44 Å². The fraction of sp³-hybridized carbons (Fsp3) is 0.372. The molecule has 0 radical (unpaired) electrons. The zero-order chi connectivity index (χ0) is 102. The van der Waals surface area contributed by atoms with Gasteiger partial charge in [-0.25, -0.2) is 92.9 Å². The van der Waals surface area contributed by atoms with Gasteiger partial charge in [-0.05, 0) is 152 Å². The minimum Gasteiger partial charge on any atom is -0.444 e. The molecule has 6 atom stereocenters. The number of halogens is 13. The van der Waals surface area contributed by atoms with Crippen molar-refractivity contribution in [3.05, 3.63) is 199 Å². The molecule has 15 rings (SSSR count). The van der Waals surface area contributed by atoms with Crippen molar-refractivity contribution in [2.75, 3.05) is 87.7 Å². The number of nitrogens with two attached hydrogens (primary N) is 1. The van der Waals surface area contributed by atoms with Crippen LogP contribution in [-0.2, 0) is 38.6 Å². The van der Waals surface area contributed by atoms with E-state index >= 15 is 0 Å². The van der Waals surface area contributed by atoms with E-state index in [1.807, 2.05) is 43.3 Å². The quantitative estimate of drug-likeness (QED) is 0.0159. The van der Waals surface area contributed by atoms with Gasteiger partial charge in [0.1, 0.15) is 47.0 Å². The van der Waals surface area contributed by atoms with Crippen LogP contribution in [0.4, 0.5) is 97.2 Å². The number of aromatic nitrogens is 9. The summed E-state index contributed by atoms with van der Waals surface area (Å²) in [6.45, 7) is 17.1. The molecule has 754 valence electrons. The molecule has 12 aromatic rings. The van der Waals surface area contributed by atoms with Gasteiger partial charge in [0.15, 0.2) is 0 Å². The van der Waals surface area contributed by atoms with Crippen molar-refractivity contribution in [2.24, 2.45) is 0 Å². The number of aryl methyl sites for hydroxylation is 3. The number of anilines is 6. The lowest BCUT2D eigenvalue weighted by Crippen LogP contribution is -2.51. The number of amides is 2. The van der Waals surface area contributed by atoms with Gasteiger partial charge in [-0.15, -0.1) is 0 Å². The number of sulfonamides is 2. The number of nitrogens with zero attached hydrogens (tertiary/aromatic N) is 11. The normalized spacial score (nSPS) is 17.1. The van der Waals surface area contributed by atoms with Crippen LogP contribution in [0.2, 0.25) is 0 Å². The molecule has 3 aliphatic rings. The second-order valence-electron chi connectivity index (χ2n) is 35.2. The number of nitrogens with one attached hydrogen (secondary N) is 6. The molecule has 0 saturated carbocycles. The molecule has 0 unspecified atom stereocenters. The number of carbonyl (C=O) groups is 2. The monoisotopic (exact) mass is 2050 g/mol. The molecule has 0 bridgehead atoms. The van der Waals surface area contributed by atoms with E-state index in [0.717, 1.165) is 16.3 Å². The van der Waals surface area contributed by atoms with Crippen LogP contribution < -0.4 is 50.7 Å². The number of rotatable bonds is 25. The van der Waals surface area contributed by atoms with Gasteiger partial charge >= 0.3 is 30.7 Å². The first-order valence-corrected chi connectivity index (χ1v) is 49.7. The van der Waals surface area contributed by atoms with Crippen molar-refractivity contribution in [3.63, 3.8) is 0 Å². The number of fused-ring (bicyclic) bond motifs is 3. The summed E-state index contributed by atoms with van der Waals surface area (Å²) in [5.74, 6) is -0.286. The minimum atomic E-state index is -4.62. The predicted octanol–water partition coefficient (Wildman–Crippen LogP) is 20.5. The first kappa shape index (κ1) is 107. The molecular formula is C94H101ClF12N18O13S3. The van der Waals surface area contributed by atoms with Gasteiger partial charge in [0.05, 0.1) is 94.8 Å². The SMILES string of the molecule is Cc1cc(N)c2ccccc2c1Oc1ncccc1-c1ccnc(N[C@H]2C[C@H](F)CN(C(=O)OC(C)(C)C)C2)n1.Cc1cc(NS(=O)(=O)CCC(F)(F)F)c2ccccc2c1Oc1ncccc1-c1ccnc(N[C@@H]2CNC[C@@H](F)C2)n1.Cc1cc(NS(=O)(=O)CCC(F)(F)F)c2ccccc2c1Oc1ncccc1-c1ccnc(N[C@H]2C[C@H](F)CN(C(=O)OC(C)(C)C)C2)n1.O=S(=O)(Cl)CCC(F)(F)F. The number of hydrogen-bond acceptors (Lipinski definition) is 27. The van der Waals surface area contributed by atoms with E-state index in [9.17, 15) is 87.5 Å². The van der Waals surface area contributed by atoms with Crippen molar-refractivity contribution in [3.8, 4) is 68.7 Å². The van der Waals surface area contributed by atoms with Gasteiger partial charge in [0.2, 0.25) is 64.6 Å². The molecule has 9 heterocycles. The predicted molar refractivity (Wildman–Crippen MR) is 512 cm³/mol. The van der Waals surface area contributed by atoms with Gasteiger partial charge in [0.25, 0.3) is 0 Å². The third-order valence-corrected chi connectivity index (χ3v) is 24.8. The molecule has 31 nitrogen and oxygen atoms in total. The summed E-state index contributed by atoms with van der Waals surface area (Å²) in [5, 5.41) is 16.1. The summed E-state index contributed by atoms with van der Waals surface area (Å²) in [7, 11) is -8.08. The largest absolute Gasteiger partial charge is 0.444 e. The van der Waals surface area contributed by atoms with Gasteiger partial charge < -0.3 is 60.5 Å². The third-order valence-electron chi connectivity index (χ3n) is 21.1. The third kappa shape index (κ3) is 31.6. The Morgan fingerprint density at radius 1 is 0.418 bits per heavy atom. The molecule has 6 aromatic carbocycles. The van der Waals surface area contributed by atoms with E-state index in [-0.39, 0.29) is 80.2 Å². The summed E-state index contributed by atoms with van der Waals surface area (Å²) >= 11 is 0. The average molecular weight is 2050 g/mol. The highest BCUT2D eigenvalue weighted by Crippen LogP contribution is 2.45. The van der Waals surface area contributed by atoms with Crippen molar-refractivity contribution < 1.29 is 111 Å². The van der Waals surface area contributed by atoms with Crippen LogP contribution in [-0.4, -0.2) is 215 Å². The number of piperidine rings is 3. The maximum absolute atomic E-state index is 14.7. The Kier molecular flexibility index (Phi) is 34.2. The first-order valence-electron chi connectivity index (χ1n) is 43.9. The number of alkyl halides is 12. The highest BCUT2D eigenvalue weighted by Gasteiger charge is 2.38. The zero-order valence-corrected chi connectivity index (χ0v) is 80.5. The lowest BCUT2D eigenvalue weighted by Gasteiger charge is -2.36. The fourth-order valence-electron chi connectivity index (χ4n) is 15.1. The van der Waals surface area contributed by atoms with Crippen LogP contribution in [0.25, 0.3) is 66.1 Å². The smallest absolute Gasteiger partial charge is 0.410 e. The Hall–Kier alpha value is -13.2. The molecule has 3 saturated heterocycles. The molecule has 47 heteroatoms. The van der Waals surface area contributed by atoms with E-state index in [1.165, 1.54) is 34.3 Å². The fourth-order valence-corrected chi connectivity index (χ4v) is 18.0. The van der Waals surface area contributed by atoms with Crippen LogP contribution in [0.15, 0.2) is 183 Å². The van der Waals surface area contributed by atoms with E-state index in [1.54, 1.807) is 177 Å². The number of likely N-dealkylation sites (tertiary alicyclic amines) is 2. The number of nitrogen functional groups attached to an aromatic ring is 1. The Morgan fingerprint density at radius 2 is 0.745 bits per heavy atom. The number of ether oxygens (including phenoxy) is 5. The topological polar surface area (TPSA) is 403 Å². The van der Waals surface area contributed by atoms with Crippen molar-refractivity contribution >= 4 is 119 Å². The molecule has 8 N–H and O–H groups in total. The zero-order valence-electron chi connectivity index (χ0n) is 77.3. The highest BCUT2D eigenvalue weighted by molar-refractivity contribution is 8.13.